The van der Waals surface area contributed by atoms with E-state index in [2.05, 4.69) is 20.8 Å². The van der Waals surface area contributed by atoms with Crippen LogP contribution >= 0.6 is 0 Å². The molecule has 5 nitrogen and oxygen atoms in total. The summed E-state index contributed by atoms with van der Waals surface area (Å²) in [6.45, 7) is 7.64. The van der Waals surface area contributed by atoms with Gasteiger partial charge in [-0.05, 0) is 19.3 Å². The van der Waals surface area contributed by atoms with E-state index in [0.29, 0.717) is 19.4 Å². The highest BCUT2D eigenvalue weighted by atomic mass is 16.6. The number of unbranched alkanes of at least 4 members (excludes halogenated alkanes) is 21. The molecule has 238 valence electrons. The zero-order valence-corrected chi connectivity index (χ0v) is 27.1. The van der Waals surface area contributed by atoms with Gasteiger partial charge in [-0.15, -0.1) is 0 Å². The van der Waals surface area contributed by atoms with Crippen LogP contribution in [0.4, 0.5) is 0 Å². The third-order valence-corrected chi connectivity index (χ3v) is 7.64. The van der Waals surface area contributed by atoms with Crippen molar-refractivity contribution in [2.75, 3.05) is 19.8 Å². The number of esters is 2. The van der Waals surface area contributed by atoms with Crippen molar-refractivity contribution in [3.8, 4) is 0 Å². The molecule has 0 fully saturated rings. The minimum atomic E-state index is -0.515. The van der Waals surface area contributed by atoms with Gasteiger partial charge in [0, 0.05) is 19.4 Å². The van der Waals surface area contributed by atoms with Crippen LogP contribution in [0.15, 0.2) is 0 Å². The summed E-state index contributed by atoms with van der Waals surface area (Å²) in [6.07, 6.45) is 30.0. The molecular formula is C35H68O5. The van der Waals surface area contributed by atoms with Gasteiger partial charge in [-0.2, -0.15) is 0 Å². The second-order valence-electron chi connectivity index (χ2n) is 11.8. The van der Waals surface area contributed by atoms with Crippen LogP contribution in [0.2, 0.25) is 0 Å². The Hall–Kier alpha value is -1.10. The highest BCUT2D eigenvalue weighted by Gasteiger charge is 2.17. The molecule has 1 unspecified atom stereocenters. The Labute approximate surface area is 249 Å². The van der Waals surface area contributed by atoms with Crippen LogP contribution in [0.5, 0.6) is 0 Å². The van der Waals surface area contributed by atoms with Crippen molar-refractivity contribution in [3.05, 3.63) is 0 Å². The maximum atomic E-state index is 12.4. The van der Waals surface area contributed by atoms with E-state index in [1.165, 1.54) is 116 Å². The van der Waals surface area contributed by atoms with E-state index >= 15 is 0 Å². The number of hydrogen-bond acceptors (Lipinski definition) is 5. The van der Waals surface area contributed by atoms with Gasteiger partial charge in [-0.3, -0.25) is 9.59 Å². The highest BCUT2D eigenvalue weighted by Crippen LogP contribution is 2.14. The van der Waals surface area contributed by atoms with Crippen molar-refractivity contribution >= 4 is 11.9 Å². The van der Waals surface area contributed by atoms with E-state index in [1.54, 1.807) is 0 Å². The molecule has 0 heterocycles. The Morgan fingerprint density at radius 3 is 1.25 bits per heavy atom. The lowest BCUT2D eigenvalue weighted by molar-refractivity contribution is -0.163. The Morgan fingerprint density at radius 2 is 0.825 bits per heavy atom. The average Bonchev–Trinajstić information content (AvgIpc) is 2.95. The van der Waals surface area contributed by atoms with Crippen LogP contribution < -0.4 is 0 Å². The summed E-state index contributed by atoms with van der Waals surface area (Å²) in [5.74, 6) is -0.405. The van der Waals surface area contributed by atoms with Crippen molar-refractivity contribution in [1.82, 2.24) is 0 Å². The normalized spacial score (nSPS) is 12.0. The zero-order valence-electron chi connectivity index (χ0n) is 27.1. The van der Waals surface area contributed by atoms with Crippen LogP contribution in [-0.2, 0) is 23.8 Å². The van der Waals surface area contributed by atoms with Crippen LogP contribution in [0, 0.1) is 0 Å². The molecule has 5 heteroatoms. The summed E-state index contributed by atoms with van der Waals surface area (Å²) in [7, 11) is 0. The molecule has 0 radical (unpaired) electrons. The lowest BCUT2D eigenvalue weighted by atomic mass is 10.1. The van der Waals surface area contributed by atoms with E-state index < -0.39 is 6.10 Å². The maximum Gasteiger partial charge on any atom is 0.306 e. The first-order valence-corrected chi connectivity index (χ1v) is 17.6. The Bertz CT molecular complexity index is 536. The summed E-state index contributed by atoms with van der Waals surface area (Å²) < 4.78 is 16.8. The summed E-state index contributed by atoms with van der Waals surface area (Å²) in [6, 6.07) is 0. The van der Waals surface area contributed by atoms with Gasteiger partial charge in [-0.1, -0.05) is 156 Å². The van der Waals surface area contributed by atoms with E-state index in [1.807, 2.05) is 0 Å². The van der Waals surface area contributed by atoms with E-state index in [4.69, 9.17) is 14.2 Å². The molecule has 0 amide bonds. The first-order valence-electron chi connectivity index (χ1n) is 17.6. The van der Waals surface area contributed by atoms with Crippen molar-refractivity contribution in [1.29, 1.82) is 0 Å². The lowest BCUT2D eigenvalue weighted by Gasteiger charge is -2.18. The molecule has 0 rings (SSSR count). The van der Waals surface area contributed by atoms with Gasteiger partial charge in [0.25, 0.3) is 0 Å². The molecule has 0 aromatic rings. The molecule has 0 saturated heterocycles. The molecule has 0 bridgehead atoms. The molecule has 0 saturated carbocycles. The van der Waals surface area contributed by atoms with Crippen molar-refractivity contribution < 1.29 is 23.8 Å². The summed E-state index contributed by atoms with van der Waals surface area (Å²) >= 11 is 0. The Morgan fingerprint density at radius 1 is 0.450 bits per heavy atom. The van der Waals surface area contributed by atoms with Crippen LogP contribution in [0.3, 0.4) is 0 Å². The monoisotopic (exact) mass is 569 g/mol. The molecule has 0 aromatic carbocycles. The van der Waals surface area contributed by atoms with Gasteiger partial charge in [0.1, 0.15) is 6.61 Å². The van der Waals surface area contributed by atoms with E-state index in [9.17, 15) is 9.59 Å². The summed E-state index contributed by atoms with van der Waals surface area (Å²) in [5.41, 5.74) is 0. The summed E-state index contributed by atoms with van der Waals surface area (Å²) in [4.78, 5) is 24.7. The minimum Gasteiger partial charge on any atom is -0.462 e. The van der Waals surface area contributed by atoms with E-state index in [0.717, 1.165) is 38.5 Å². The molecule has 0 aliphatic carbocycles. The standard InChI is InChI=1S/C35H68O5/c1-4-7-10-12-14-16-18-20-22-24-26-28-34(36)39-32-33(31-38-30-9-6-3)40-35(37)29-27-25-23-21-19-17-15-13-11-8-5-2/h33H,4-32H2,1-3H3. The van der Waals surface area contributed by atoms with Crippen molar-refractivity contribution in [3.63, 3.8) is 0 Å². The molecule has 0 aliphatic heterocycles. The van der Waals surface area contributed by atoms with Gasteiger partial charge in [-0.25, -0.2) is 0 Å². The smallest absolute Gasteiger partial charge is 0.306 e. The van der Waals surface area contributed by atoms with Crippen LogP contribution in [0.25, 0.3) is 0 Å². The van der Waals surface area contributed by atoms with Crippen molar-refractivity contribution in [2.24, 2.45) is 0 Å². The molecule has 0 aliphatic rings. The van der Waals surface area contributed by atoms with Gasteiger partial charge in [0.15, 0.2) is 6.10 Å². The Kier molecular flexibility index (Phi) is 31.5. The third-order valence-electron chi connectivity index (χ3n) is 7.64. The number of rotatable bonds is 32. The highest BCUT2D eigenvalue weighted by molar-refractivity contribution is 5.70. The molecule has 0 N–H and O–H groups in total. The van der Waals surface area contributed by atoms with Gasteiger partial charge in [0.05, 0.1) is 6.61 Å². The SMILES string of the molecule is CCCCCCCCCCCCCC(=O)OCC(COCCCC)OC(=O)CCCCCCCCCCCCC. The third kappa shape index (κ3) is 29.9. The lowest BCUT2D eigenvalue weighted by Crippen LogP contribution is -2.30. The van der Waals surface area contributed by atoms with Crippen molar-refractivity contribution in [2.45, 2.75) is 194 Å². The van der Waals surface area contributed by atoms with Crippen LogP contribution in [-0.4, -0.2) is 37.9 Å². The zero-order chi connectivity index (χ0) is 29.4. The Balaban J connectivity index is 3.94. The summed E-state index contributed by atoms with van der Waals surface area (Å²) in [5, 5.41) is 0. The van der Waals surface area contributed by atoms with Crippen LogP contribution in [0.1, 0.15) is 188 Å². The van der Waals surface area contributed by atoms with Gasteiger partial charge < -0.3 is 14.2 Å². The minimum absolute atomic E-state index is 0.0903. The van der Waals surface area contributed by atoms with E-state index in [-0.39, 0.29) is 25.2 Å². The number of carbonyl (C=O) groups excluding carboxylic acids is 2. The fourth-order valence-electron chi connectivity index (χ4n) is 4.95. The topological polar surface area (TPSA) is 61.8 Å². The predicted molar refractivity (Wildman–Crippen MR) is 169 cm³/mol. The predicted octanol–water partition coefficient (Wildman–Crippen LogP) is 10.7. The average molecular weight is 569 g/mol. The fraction of sp³-hybridized carbons (Fsp3) is 0.943. The molecular weight excluding hydrogens is 500 g/mol. The largest absolute Gasteiger partial charge is 0.462 e. The molecule has 40 heavy (non-hydrogen) atoms. The molecule has 0 spiro atoms. The van der Waals surface area contributed by atoms with Gasteiger partial charge in [0.2, 0.25) is 0 Å². The second kappa shape index (κ2) is 32.4. The number of ether oxygens (including phenoxy) is 3. The molecule has 1 atom stereocenters. The second-order valence-corrected chi connectivity index (χ2v) is 11.8. The number of hydrogen-bond donors (Lipinski definition) is 0. The number of carbonyl (C=O) groups is 2. The quantitative estimate of drug-likeness (QED) is 0.0596. The van der Waals surface area contributed by atoms with Gasteiger partial charge >= 0.3 is 11.9 Å². The molecule has 0 aromatic heterocycles. The first-order chi connectivity index (χ1) is 19.6. The maximum absolute atomic E-state index is 12.4. The first kappa shape index (κ1) is 38.9. The fourth-order valence-corrected chi connectivity index (χ4v) is 4.95.